The van der Waals surface area contributed by atoms with Gasteiger partial charge in [-0.1, -0.05) is 0 Å². The van der Waals surface area contributed by atoms with Gasteiger partial charge in [-0.2, -0.15) is 0 Å². The Morgan fingerprint density at radius 1 is 0.562 bits per heavy atom. The summed E-state index contributed by atoms with van der Waals surface area (Å²) in [7, 11) is 0. The smallest absolute Gasteiger partial charge is 0.101 e. The molecule has 0 aliphatic heterocycles. The minimum absolute atomic E-state index is 0.171. The monoisotopic (exact) mass is 338 g/mol. The number of rotatable bonds is 0. The highest BCUT2D eigenvalue weighted by atomic mass is 35.5. The van der Waals surface area contributed by atoms with Crippen LogP contribution in [0.2, 0.25) is 0 Å². The number of fused-ring (bicyclic) bond motifs is 5. The molecule has 4 rings (SSSR count). The van der Waals surface area contributed by atoms with E-state index in [0.29, 0.717) is 0 Å². The van der Waals surface area contributed by atoms with Crippen LogP contribution < -0.4 is 0 Å². The SMILES string of the molecule is ClC1(Cl)[C@@H]2[C@H]1[C@H]1[C@H](C[C@@H]3[C@@H]2C3(Cl)Cl)C1(Cl)Cl. The molecule has 0 aromatic carbocycles. The number of hydrogen-bond donors (Lipinski definition) is 0. The van der Waals surface area contributed by atoms with Crippen molar-refractivity contribution < 1.29 is 0 Å². The zero-order chi connectivity index (χ0) is 11.7. The number of alkyl halides is 6. The summed E-state index contributed by atoms with van der Waals surface area (Å²) in [5.41, 5.74) is 0. The lowest BCUT2D eigenvalue weighted by molar-refractivity contribution is 0.569. The second-order valence-electron chi connectivity index (χ2n) is 5.58. The second kappa shape index (κ2) is 2.76. The van der Waals surface area contributed by atoms with E-state index < -0.39 is 13.0 Å². The molecule has 4 fully saturated rings. The van der Waals surface area contributed by atoms with Crippen LogP contribution in [0, 0.1) is 35.5 Å². The van der Waals surface area contributed by atoms with E-state index in [1.54, 1.807) is 0 Å². The molecule has 90 valence electrons. The summed E-state index contributed by atoms with van der Waals surface area (Å²) < 4.78 is -2.04. The Kier molecular flexibility index (Phi) is 2.00. The van der Waals surface area contributed by atoms with Gasteiger partial charge in [0.15, 0.2) is 0 Å². The third kappa shape index (κ3) is 1.10. The normalized spacial score (nSPS) is 61.1. The number of hydrogen-bond acceptors (Lipinski definition) is 0. The van der Waals surface area contributed by atoms with Gasteiger partial charge in [0.25, 0.3) is 0 Å². The first-order valence-corrected chi connectivity index (χ1v) is 7.62. The highest BCUT2D eigenvalue weighted by molar-refractivity contribution is 6.55. The van der Waals surface area contributed by atoms with Crippen molar-refractivity contribution >= 4 is 69.6 Å². The van der Waals surface area contributed by atoms with Crippen LogP contribution in [0.4, 0.5) is 0 Å². The molecule has 0 spiro atoms. The maximum absolute atomic E-state index is 6.31. The molecule has 0 nitrogen and oxygen atoms in total. The highest BCUT2D eigenvalue weighted by Gasteiger charge is 2.88. The fraction of sp³-hybridized carbons (Fsp3) is 1.00. The molecule has 0 saturated heterocycles. The van der Waals surface area contributed by atoms with Gasteiger partial charge in [-0.25, -0.2) is 0 Å². The molecular formula is C10H8Cl6. The highest BCUT2D eigenvalue weighted by Crippen LogP contribution is 2.87. The van der Waals surface area contributed by atoms with Crippen LogP contribution in [0.25, 0.3) is 0 Å². The second-order valence-corrected chi connectivity index (χ2v) is 9.91. The predicted molar refractivity (Wildman–Crippen MR) is 68.9 cm³/mol. The van der Waals surface area contributed by atoms with Crippen LogP contribution in [-0.4, -0.2) is 13.0 Å². The van der Waals surface area contributed by atoms with Gasteiger partial charge in [0.05, 0.1) is 0 Å². The van der Waals surface area contributed by atoms with Crippen molar-refractivity contribution in [2.45, 2.75) is 19.4 Å². The Bertz CT molecular complexity index is 355. The maximum Gasteiger partial charge on any atom is 0.125 e. The van der Waals surface area contributed by atoms with Crippen molar-refractivity contribution in [1.82, 2.24) is 0 Å². The first-order chi connectivity index (χ1) is 7.22. The van der Waals surface area contributed by atoms with Crippen molar-refractivity contribution in [1.29, 1.82) is 0 Å². The van der Waals surface area contributed by atoms with Gasteiger partial charge in [0.1, 0.15) is 13.0 Å². The standard InChI is InChI=1S/C10H8Cl6/c11-8(12)2-1-3-5(9(3,13)14)7-6(4(2)8)10(7,15)16/h2-7H,1H2/t2-,3+,4+,5-,6+,7-. The summed E-state index contributed by atoms with van der Waals surface area (Å²) in [6.45, 7) is 0. The van der Waals surface area contributed by atoms with E-state index in [2.05, 4.69) is 0 Å². The summed E-state index contributed by atoms with van der Waals surface area (Å²) in [6.07, 6.45) is 0.909. The molecule has 6 heteroatoms. The lowest BCUT2D eigenvalue weighted by Crippen LogP contribution is -1.98. The topological polar surface area (TPSA) is 0 Å². The molecule has 0 unspecified atom stereocenters. The maximum atomic E-state index is 6.31. The molecule has 0 radical (unpaired) electrons. The Hall–Kier alpha value is 1.74. The van der Waals surface area contributed by atoms with Crippen LogP contribution >= 0.6 is 69.6 Å². The van der Waals surface area contributed by atoms with Gasteiger partial charge in [0, 0.05) is 23.7 Å². The van der Waals surface area contributed by atoms with Crippen LogP contribution in [0.3, 0.4) is 0 Å². The van der Waals surface area contributed by atoms with Gasteiger partial charge in [-0.05, 0) is 18.3 Å². The molecule has 4 aliphatic rings. The Morgan fingerprint density at radius 2 is 0.938 bits per heavy atom. The van der Waals surface area contributed by atoms with E-state index in [1.807, 2.05) is 0 Å². The fourth-order valence-corrected chi connectivity index (χ4v) is 6.75. The van der Waals surface area contributed by atoms with E-state index >= 15 is 0 Å². The minimum Gasteiger partial charge on any atom is -0.101 e. The van der Waals surface area contributed by atoms with Crippen LogP contribution in [0.5, 0.6) is 0 Å². The first-order valence-electron chi connectivity index (χ1n) is 5.35. The van der Waals surface area contributed by atoms with Gasteiger partial charge in [-0.15, -0.1) is 69.6 Å². The van der Waals surface area contributed by atoms with E-state index in [0.717, 1.165) is 6.42 Å². The summed E-state index contributed by atoms with van der Waals surface area (Å²) in [5, 5.41) is 0. The van der Waals surface area contributed by atoms with Crippen molar-refractivity contribution in [3.8, 4) is 0 Å². The molecule has 0 aromatic heterocycles. The molecule has 4 saturated carbocycles. The quantitative estimate of drug-likeness (QED) is 0.563. The summed E-state index contributed by atoms with van der Waals surface area (Å²) in [6, 6.07) is 0. The zero-order valence-corrected chi connectivity index (χ0v) is 12.5. The van der Waals surface area contributed by atoms with Gasteiger partial charge < -0.3 is 0 Å². The van der Waals surface area contributed by atoms with E-state index in [4.69, 9.17) is 69.6 Å². The molecule has 16 heavy (non-hydrogen) atoms. The van der Waals surface area contributed by atoms with E-state index in [1.165, 1.54) is 0 Å². The summed E-state index contributed by atoms with van der Waals surface area (Å²) in [4.78, 5) is 0. The molecule has 6 atom stereocenters. The van der Waals surface area contributed by atoms with Crippen molar-refractivity contribution in [3.63, 3.8) is 0 Å². The molecule has 0 bridgehead atoms. The average Bonchev–Trinajstić information content (AvgIpc) is 2.96. The molecule has 4 aliphatic carbocycles. The first kappa shape index (κ1) is 11.6. The van der Waals surface area contributed by atoms with E-state index in [9.17, 15) is 0 Å². The lowest BCUT2D eigenvalue weighted by atomic mass is 10.1. The largest absolute Gasteiger partial charge is 0.125 e. The van der Waals surface area contributed by atoms with Crippen LogP contribution in [-0.2, 0) is 0 Å². The van der Waals surface area contributed by atoms with Gasteiger partial charge in [0.2, 0.25) is 0 Å². The van der Waals surface area contributed by atoms with Crippen LogP contribution in [0.1, 0.15) is 6.42 Å². The zero-order valence-electron chi connectivity index (χ0n) is 7.94. The minimum atomic E-state index is -0.719. The lowest BCUT2D eigenvalue weighted by Gasteiger charge is -1.99. The summed E-state index contributed by atoms with van der Waals surface area (Å²) in [5.74, 6) is 1.32. The molecular weight excluding hydrogens is 333 g/mol. The fourth-order valence-electron chi connectivity index (χ4n) is 3.99. The van der Waals surface area contributed by atoms with Crippen molar-refractivity contribution in [2.75, 3.05) is 0 Å². The predicted octanol–water partition coefficient (Wildman–Crippen LogP) is 4.65. The van der Waals surface area contributed by atoms with Crippen molar-refractivity contribution in [2.24, 2.45) is 35.5 Å². The number of halogens is 6. The van der Waals surface area contributed by atoms with Crippen molar-refractivity contribution in [3.05, 3.63) is 0 Å². The Labute approximate surface area is 124 Å². The Morgan fingerprint density at radius 3 is 1.31 bits per heavy atom. The molecule has 0 aromatic rings. The molecule has 0 amide bonds. The van der Waals surface area contributed by atoms with Gasteiger partial charge >= 0.3 is 0 Å². The molecule has 0 N–H and O–H groups in total. The third-order valence-corrected chi connectivity index (χ3v) is 8.11. The average molecular weight is 341 g/mol. The summed E-state index contributed by atoms with van der Waals surface area (Å²) >= 11 is 37.7. The molecule has 0 heterocycles. The van der Waals surface area contributed by atoms with E-state index in [-0.39, 0.29) is 35.5 Å². The Balaban J connectivity index is 1.73. The van der Waals surface area contributed by atoms with Gasteiger partial charge in [-0.3, -0.25) is 0 Å². The van der Waals surface area contributed by atoms with Crippen LogP contribution in [0.15, 0.2) is 0 Å². The third-order valence-electron chi connectivity index (χ3n) is 4.97.